The number of ether oxygens (including phenoxy) is 1. The number of carboxylic acids is 1. The zero-order valence-corrected chi connectivity index (χ0v) is 15.4. The highest BCUT2D eigenvalue weighted by atomic mass is 19.2. The largest absolute Gasteiger partial charge is 0.480 e. The fraction of sp³-hybridized carbons (Fsp3) is 0.526. The Balaban J connectivity index is 1.58. The lowest BCUT2D eigenvalue weighted by atomic mass is 10.1. The van der Waals surface area contributed by atoms with Gasteiger partial charge in [0.1, 0.15) is 6.54 Å². The summed E-state index contributed by atoms with van der Waals surface area (Å²) in [5.74, 6) is -3.85. The first-order chi connectivity index (χ1) is 13.3. The van der Waals surface area contributed by atoms with E-state index in [4.69, 9.17) is 9.84 Å². The second kappa shape index (κ2) is 8.22. The van der Waals surface area contributed by atoms with Gasteiger partial charge in [-0.3, -0.25) is 14.4 Å². The molecule has 152 valence electrons. The monoisotopic (exact) mass is 396 g/mol. The Kier molecular flexibility index (Phi) is 5.93. The lowest BCUT2D eigenvalue weighted by Gasteiger charge is -2.35. The minimum Gasteiger partial charge on any atom is -0.480 e. The maximum atomic E-state index is 13.4. The van der Waals surface area contributed by atoms with E-state index in [0.717, 1.165) is 12.1 Å². The summed E-state index contributed by atoms with van der Waals surface area (Å²) in [6.45, 7) is 1.88. The Labute approximate surface area is 160 Å². The number of hydrogen-bond donors (Lipinski definition) is 1. The number of morpholine rings is 1. The number of rotatable bonds is 6. The van der Waals surface area contributed by atoms with Crippen LogP contribution in [-0.2, 0) is 19.1 Å². The van der Waals surface area contributed by atoms with Gasteiger partial charge in [0.2, 0.25) is 11.8 Å². The summed E-state index contributed by atoms with van der Waals surface area (Å²) in [4.78, 5) is 38.1. The number of carboxylic acid groups (broad SMARTS) is 1. The molecule has 3 atom stereocenters. The van der Waals surface area contributed by atoms with E-state index in [9.17, 15) is 23.2 Å². The lowest BCUT2D eigenvalue weighted by molar-refractivity contribution is -0.148. The van der Waals surface area contributed by atoms with Gasteiger partial charge in [-0.2, -0.15) is 0 Å². The van der Waals surface area contributed by atoms with Crippen molar-refractivity contribution in [2.75, 3.05) is 32.8 Å². The maximum Gasteiger partial charge on any atom is 0.323 e. The summed E-state index contributed by atoms with van der Waals surface area (Å²) in [6.07, 6.45) is 0.103. The van der Waals surface area contributed by atoms with Crippen molar-refractivity contribution in [3.8, 4) is 0 Å². The first kappa shape index (κ1) is 20.2. The topological polar surface area (TPSA) is 87.2 Å². The third-order valence-corrected chi connectivity index (χ3v) is 5.13. The van der Waals surface area contributed by atoms with E-state index in [0.29, 0.717) is 18.5 Å². The second-order valence-corrected chi connectivity index (χ2v) is 7.19. The van der Waals surface area contributed by atoms with Gasteiger partial charge in [0.15, 0.2) is 11.6 Å². The van der Waals surface area contributed by atoms with Crippen LogP contribution in [0.3, 0.4) is 0 Å². The summed E-state index contributed by atoms with van der Waals surface area (Å²) in [5.41, 5.74) is 0.603. The molecule has 1 saturated heterocycles. The van der Waals surface area contributed by atoms with Gasteiger partial charge in [0.05, 0.1) is 12.7 Å². The smallest absolute Gasteiger partial charge is 0.323 e. The zero-order chi connectivity index (χ0) is 20.4. The predicted octanol–water partition coefficient (Wildman–Crippen LogP) is 1.23. The van der Waals surface area contributed by atoms with Gasteiger partial charge in [-0.1, -0.05) is 6.07 Å². The molecule has 1 aromatic carbocycles. The van der Waals surface area contributed by atoms with Gasteiger partial charge < -0.3 is 19.6 Å². The Bertz CT molecular complexity index is 788. The molecule has 2 amide bonds. The summed E-state index contributed by atoms with van der Waals surface area (Å²) < 4.78 is 32.1. The molecule has 2 fully saturated rings. The summed E-state index contributed by atoms with van der Waals surface area (Å²) in [5, 5.41) is 8.91. The number of hydrogen-bond acceptors (Lipinski definition) is 4. The van der Waals surface area contributed by atoms with E-state index in [1.807, 2.05) is 0 Å². The fourth-order valence-corrected chi connectivity index (χ4v) is 3.56. The molecule has 28 heavy (non-hydrogen) atoms. The van der Waals surface area contributed by atoms with Gasteiger partial charge >= 0.3 is 5.97 Å². The molecule has 2 aliphatic rings. The van der Waals surface area contributed by atoms with Crippen LogP contribution in [0.5, 0.6) is 0 Å². The molecule has 7 nitrogen and oxygen atoms in total. The molecular formula is C19H22F2N2O5. The van der Waals surface area contributed by atoms with Gasteiger partial charge in [-0.15, -0.1) is 0 Å². The van der Waals surface area contributed by atoms with Crippen LogP contribution >= 0.6 is 0 Å². The predicted molar refractivity (Wildman–Crippen MR) is 93.4 cm³/mol. The number of carbonyl (C=O) groups excluding carboxylic acids is 2. The average molecular weight is 396 g/mol. The molecule has 3 rings (SSSR count). The van der Waals surface area contributed by atoms with E-state index < -0.39 is 30.3 Å². The zero-order valence-electron chi connectivity index (χ0n) is 15.4. The quantitative estimate of drug-likeness (QED) is 0.782. The Morgan fingerprint density at radius 2 is 2.04 bits per heavy atom. The summed E-state index contributed by atoms with van der Waals surface area (Å²) in [7, 11) is 0. The average Bonchev–Trinajstić information content (AvgIpc) is 3.43. The number of aliphatic carboxylic acids is 1. The van der Waals surface area contributed by atoms with E-state index in [2.05, 4.69) is 0 Å². The molecule has 1 aromatic rings. The van der Waals surface area contributed by atoms with Crippen molar-refractivity contribution in [2.24, 2.45) is 5.92 Å². The maximum absolute atomic E-state index is 13.4. The van der Waals surface area contributed by atoms with Crippen LogP contribution in [0.15, 0.2) is 18.2 Å². The van der Waals surface area contributed by atoms with Crippen LogP contribution in [0.2, 0.25) is 0 Å². The minimum absolute atomic E-state index is 0.0860. The number of carbonyl (C=O) groups is 3. The van der Waals surface area contributed by atoms with Gasteiger partial charge in [0, 0.05) is 32.5 Å². The highest BCUT2D eigenvalue weighted by Crippen LogP contribution is 2.48. The Hall–Kier alpha value is -2.55. The number of halogens is 2. The molecule has 1 aliphatic heterocycles. The molecule has 0 spiro atoms. The molecule has 0 aromatic heterocycles. The molecule has 3 unspecified atom stereocenters. The molecule has 1 saturated carbocycles. The van der Waals surface area contributed by atoms with Crippen LogP contribution < -0.4 is 0 Å². The minimum atomic E-state index is -1.12. The Morgan fingerprint density at radius 1 is 1.29 bits per heavy atom. The van der Waals surface area contributed by atoms with Crippen LogP contribution in [0, 0.1) is 17.6 Å². The lowest BCUT2D eigenvalue weighted by Crippen LogP contribution is -2.51. The van der Waals surface area contributed by atoms with Crippen LogP contribution in [0.1, 0.15) is 24.8 Å². The molecule has 0 radical (unpaired) electrons. The first-order valence-corrected chi connectivity index (χ1v) is 9.09. The van der Waals surface area contributed by atoms with Crippen molar-refractivity contribution in [1.29, 1.82) is 0 Å². The molecule has 1 heterocycles. The number of amides is 2. The molecular weight excluding hydrogens is 374 g/mol. The third-order valence-electron chi connectivity index (χ3n) is 5.13. The summed E-state index contributed by atoms with van der Waals surface area (Å²) in [6, 6.07) is 3.69. The van der Waals surface area contributed by atoms with Crippen LogP contribution in [0.4, 0.5) is 8.78 Å². The molecule has 1 aliphatic carbocycles. The van der Waals surface area contributed by atoms with Crippen molar-refractivity contribution in [2.45, 2.75) is 25.4 Å². The van der Waals surface area contributed by atoms with E-state index >= 15 is 0 Å². The van der Waals surface area contributed by atoms with Gasteiger partial charge in [-0.05, 0) is 30.0 Å². The first-order valence-electron chi connectivity index (χ1n) is 9.09. The van der Waals surface area contributed by atoms with Crippen molar-refractivity contribution in [1.82, 2.24) is 9.80 Å². The molecule has 0 bridgehead atoms. The number of nitrogens with zero attached hydrogens (tertiary/aromatic N) is 2. The van der Waals surface area contributed by atoms with Gasteiger partial charge in [-0.25, -0.2) is 8.78 Å². The van der Waals surface area contributed by atoms with Crippen LogP contribution in [-0.4, -0.2) is 71.6 Å². The van der Waals surface area contributed by atoms with Crippen molar-refractivity contribution >= 4 is 17.8 Å². The molecule has 1 N–H and O–H groups in total. The highest BCUT2D eigenvalue weighted by molar-refractivity contribution is 5.83. The summed E-state index contributed by atoms with van der Waals surface area (Å²) >= 11 is 0. The van der Waals surface area contributed by atoms with E-state index in [1.165, 1.54) is 17.9 Å². The second-order valence-electron chi connectivity index (χ2n) is 7.19. The normalized spacial score (nSPS) is 24.0. The van der Waals surface area contributed by atoms with E-state index in [-0.39, 0.29) is 43.3 Å². The van der Waals surface area contributed by atoms with Crippen LogP contribution in [0.25, 0.3) is 0 Å². The van der Waals surface area contributed by atoms with Crippen molar-refractivity contribution < 1.29 is 33.0 Å². The highest BCUT2D eigenvalue weighted by Gasteiger charge is 2.46. The third kappa shape index (κ3) is 4.64. The van der Waals surface area contributed by atoms with Crippen molar-refractivity contribution in [3.63, 3.8) is 0 Å². The van der Waals surface area contributed by atoms with E-state index in [1.54, 1.807) is 4.90 Å². The Morgan fingerprint density at radius 3 is 2.68 bits per heavy atom. The fourth-order valence-electron chi connectivity index (χ4n) is 3.56. The molecule has 9 heteroatoms. The number of benzene rings is 1. The van der Waals surface area contributed by atoms with Gasteiger partial charge in [0.25, 0.3) is 0 Å². The van der Waals surface area contributed by atoms with Crippen molar-refractivity contribution in [3.05, 3.63) is 35.4 Å². The SMILES string of the molecule is CC(=O)N(CC(=O)O)CC1CN(C(=O)C2CC2c2ccc(F)c(F)c2)CCO1. The standard InChI is InChI=1S/C19H22F2N2O5/c1-11(24)23(10-18(25)26)9-13-8-22(4-5-28-13)19(27)15-7-14(15)12-2-3-16(20)17(21)6-12/h2-3,6,13-15H,4-5,7-10H2,1H3,(H,25,26).